The van der Waals surface area contributed by atoms with Crippen molar-refractivity contribution in [1.29, 1.82) is 0 Å². The smallest absolute Gasteiger partial charge is 0.405 e. The van der Waals surface area contributed by atoms with Gasteiger partial charge in [-0.05, 0) is 103 Å². The zero-order valence-electron chi connectivity index (χ0n) is 20.8. The molecule has 3 fully saturated rings. The summed E-state index contributed by atoms with van der Waals surface area (Å²) >= 11 is 0. The van der Waals surface area contributed by atoms with Crippen LogP contribution in [0.1, 0.15) is 85.5 Å². The summed E-state index contributed by atoms with van der Waals surface area (Å²) in [5, 5.41) is 3.05. The molecule has 184 valence electrons. The van der Waals surface area contributed by atoms with E-state index in [0.717, 1.165) is 32.1 Å². The number of nitrogens with two attached hydrogens (primary N) is 1. The monoisotopic (exact) mass is 458 g/mol. The van der Waals surface area contributed by atoms with E-state index in [1.54, 1.807) is 6.92 Å². The van der Waals surface area contributed by atoms with Crippen molar-refractivity contribution in [3.63, 3.8) is 0 Å². The molecule has 0 aromatic rings. The summed E-state index contributed by atoms with van der Waals surface area (Å²) in [6.07, 6.45) is 19.1. The van der Waals surface area contributed by atoms with E-state index in [1.165, 1.54) is 43.4 Å². The van der Waals surface area contributed by atoms with Crippen molar-refractivity contribution in [2.75, 3.05) is 0 Å². The zero-order chi connectivity index (χ0) is 24.1. The van der Waals surface area contributed by atoms with E-state index in [9.17, 15) is 9.59 Å². The van der Waals surface area contributed by atoms with Gasteiger partial charge in [-0.2, -0.15) is 0 Å². The van der Waals surface area contributed by atoms with Crippen molar-refractivity contribution >= 4 is 12.0 Å². The molecule has 1 saturated heterocycles. The Balaban J connectivity index is 1.36. The van der Waals surface area contributed by atoms with Crippen molar-refractivity contribution in [1.82, 2.24) is 5.32 Å². The highest BCUT2D eigenvalue weighted by Crippen LogP contribution is 2.58. The van der Waals surface area contributed by atoms with E-state index in [2.05, 4.69) is 44.3 Å². The molecule has 0 aromatic carbocycles. The van der Waals surface area contributed by atoms with Gasteiger partial charge in [-0.25, -0.2) is 4.79 Å². The molecule has 2 amide bonds. The van der Waals surface area contributed by atoms with Gasteiger partial charge in [0.05, 0.1) is 11.7 Å². The molecule has 33 heavy (non-hydrogen) atoms. The highest BCUT2D eigenvalue weighted by molar-refractivity contribution is 5.87. The zero-order valence-corrected chi connectivity index (χ0v) is 20.8. The average Bonchev–Trinajstić information content (AvgIpc) is 3.46. The van der Waals surface area contributed by atoms with Crippen molar-refractivity contribution in [2.45, 2.75) is 109 Å². The predicted molar refractivity (Wildman–Crippen MR) is 131 cm³/mol. The Morgan fingerprint density at radius 3 is 2.52 bits per heavy atom. The molecule has 0 aromatic heterocycles. The van der Waals surface area contributed by atoms with E-state index in [4.69, 9.17) is 15.2 Å². The lowest BCUT2D eigenvalue weighted by Gasteiger charge is -2.40. The summed E-state index contributed by atoms with van der Waals surface area (Å²) in [5.41, 5.74) is 6.81. The summed E-state index contributed by atoms with van der Waals surface area (Å²) in [5.74, 6) is 0.515. The van der Waals surface area contributed by atoms with Crippen LogP contribution in [0.15, 0.2) is 36.0 Å². The highest BCUT2D eigenvalue weighted by Gasteiger charge is 2.51. The quantitative estimate of drug-likeness (QED) is 0.380. The number of nitrogens with one attached hydrogen (secondary N) is 1. The number of hydrogen-bond donors (Lipinski definition) is 2. The molecule has 6 nitrogen and oxygen atoms in total. The molecule has 2 saturated carbocycles. The fourth-order valence-electron chi connectivity index (χ4n) is 5.48. The van der Waals surface area contributed by atoms with E-state index in [1.807, 2.05) is 0 Å². The number of ether oxygens (including phenoxy) is 2. The predicted octanol–water partition coefficient (Wildman–Crippen LogP) is 5.33. The molecule has 1 spiro atoms. The van der Waals surface area contributed by atoms with Crippen molar-refractivity contribution in [3.8, 4) is 0 Å². The number of primary amides is 1. The van der Waals surface area contributed by atoms with Crippen LogP contribution in [0, 0.1) is 11.3 Å². The SMILES string of the molecule is CC(/C=C/[C@@H]1CC2(CC2)CC(C)(C)O1)=C\C[C@H]1CC[C@@H](NC(=O)/C=C\[C@H](C)OC(N)=O)CC1. The van der Waals surface area contributed by atoms with Crippen LogP contribution in [0.4, 0.5) is 4.79 Å². The third kappa shape index (κ3) is 8.65. The fraction of sp³-hybridized carbons (Fsp3) is 0.704. The largest absolute Gasteiger partial charge is 0.442 e. The first-order chi connectivity index (χ1) is 15.5. The Labute approximate surface area is 199 Å². The first-order valence-corrected chi connectivity index (χ1v) is 12.5. The Hall–Kier alpha value is -2.08. The summed E-state index contributed by atoms with van der Waals surface area (Å²) in [6.45, 7) is 8.29. The molecule has 3 N–H and O–H groups in total. The van der Waals surface area contributed by atoms with Gasteiger partial charge in [-0.1, -0.05) is 23.8 Å². The van der Waals surface area contributed by atoms with Gasteiger partial charge in [0, 0.05) is 12.1 Å². The lowest BCUT2D eigenvalue weighted by atomic mass is 9.82. The molecule has 3 rings (SSSR count). The normalized spacial score (nSPS) is 29.8. The van der Waals surface area contributed by atoms with Crippen LogP contribution in [-0.2, 0) is 14.3 Å². The van der Waals surface area contributed by atoms with Crippen LogP contribution in [0.2, 0.25) is 0 Å². The summed E-state index contributed by atoms with van der Waals surface area (Å²) in [6, 6.07) is 0.206. The van der Waals surface area contributed by atoms with Crippen molar-refractivity contribution in [2.24, 2.45) is 17.1 Å². The molecule has 1 heterocycles. The number of hydrogen-bond acceptors (Lipinski definition) is 4. The van der Waals surface area contributed by atoms with Gasteiger partial charge < -0.3 is 20.5 Å². The molecule has 3 aliphatic rings. The maximum atomic E-state index is 12.1. The van der Waals surface area contributed by atoms with Crippen LogP contribution in [0.25, 0.3) is 0 Å². The molecule has 1 aliphatic heterocycles. The topological polar surface area (TPSA) is 90.7 Å². The number of allylic oxidation sites excluding steroid dienone is 3. The van der Waals surface area contributed by atoms with Crippen LogP contribution >= 0.6 is 0 Å². The number of amides is 2. The summed E-state index contributed by atoms with van der Waals surface area (Å²) in [4.78, 5) is 22.8. The van der Waals surface area contributed by atoms with Gasteiger partial charge in [0.25, 0.3) is 0 Å². The minimum atomic E-state index is -0.844. The summed E-state index contributed by atoms with van der Waals surface area (Å²) in [7, 11) is 0. The third-order valence-corrected chi connectivity index (χ3v) is 7.22. The first kappa shape index (κ1) is 25.5. The molecule has 0 radical (unpaired) electrons. The Kier molecular flexibility index (Phi) is 8.43. The second-order valence-electron chi connectivity index (χ2n) is 11.1. The van der Waals surface area contributed by atoms with E-state index in [-0.39, 0.29) is 23.7 Å². The van der Waals surface area contributed by atoms with Gasteiger partial charge in [0.2, 0.25) is 5.91 Å². The first-order valence-electron chi connectivity index (χ1n) is 12.5. The average molecular weight is 459 g/mol. The van der Waals surface area contributed by atoms with Crippen LogP contribution in [0.3, 0.4) is 0 Å². The molecule has 0 bridgehead atoms. The number of rotatable bonds is 8. The molecular formula is C27H42N2O4. The second kappa shape index (κ2) is 10.9. The van der Waals surface area contributed by atoms with Gasteiger partial charge in [0.1, 0.15) is 6.10 Å². The lowest BCUT2D eigenvalue weighted by molar-refractivity contribution is -0.117. The second-order valence-corrected chi connectivity index (χ2v) is 11.1. The van der Waals surface area contributed by atoms with Crippen LogP contribution in [0.5, 0.6) is 0 Å². The lowest BCUT2D eigenvalue weighted by Crippen LogP contribution is -2.39. The maximum Gasteiger partial charge on any atom is 0.405 e. The molecule has 0 unspecified atom stereocenters. The van der Waals surface area contributed by atoms with Gasteiger partial charge in [-0.15, -0.1) is 0 Å². The minimum Gasteiger partial charge on any atom is -0.442 e. The Morgan fingerprint density at radius 1 is 1.18 bits per heavy atom. The Morgan fingerprint density at radius 2 is 1.88 bits per heavy atom. The van der Waals surface area contributed by atoms with E-state index >= 15 is 0 Å². The molecule has 2 atom stereocenters. The number of carbonyl (C=O) groups excluding carboxylic acids is 2. The van der Waals surface area contributed by atoms with E-state index < -0.39 is 12.2 Å². The van der Waals surface area contributed by atoms with Crippen molar-refractivity contribution < 1.29 is 19.1 Å². The van der Waals surface area contributed by atoms with Crippen molar-refractivity contribution in [3.05, 3.63) is 36.0 Å². The molecule has 2 aliphatic carbocycles. The highest BCUT2D eigenvalue weighted by atomic mass is 16.6. The Bertz CT molecular complexity index is 780. The molecular weight excluding hydrogens is 416 g/mol. The molecule has 6 heteroatoms. The van der Waals surface area contributed by atoms with Gasteiger partial charge in [0.15, 0.2) is 0 Å². The number of carbonyl (C=O) groups is 2. The standard InChI is InChI=1S/C27H42N2O4/c1-19(6-13-23-17-27(15-16-27)18-26(3,4)33-23)5-8-21-9-11-22(12-10-21)29-24(30)14-7-20(2)32-25(28)31/h5-7,13-14,20-23H,8-12,15-18H2,1-4H3,(H2,28,31)(H,29,30)/b13-6+,14-7-,19-5+/t20-,21-,22+,23+/m0/s1. The maximum absolute atomic E-state index is 12.1. The van der Waals surface area contributed by atoms with Gasteiger partial charge in [-0.3, -0.25) is 4.79 Å². The van der Waals surface area contributed by atoms with Crippen LogP contribution in [-0.4, -0.2) is 35.9 Å². The van der Waals surface area contributed by atoms with Gasteiger partial charge >= 0.3 is 6.09 Å². The fourth-order valence-corrected chi connectivity index (χ4v) is 5.48. The minimum absolute atomic E-state index is 0.0131. The van der Waals surface area contributed by atoms with E-state index in [0.29, 0.717) is 11.3 Å². The summed E-state index contributed by atoms with van der Waals surface area (Å²) < 4.78 is 11.1. The van der Waals surface area contributed by atoms with Crippen LogP contribution < -0.4 is 11.1 Å². The third-order valence-electron chi connectivity index (χ3n) is 7.22.